The van der Waals surface area contributed by atoms with Crippen LogP contribution in [0.2, 0.25) is 0 Å². The molecule has 1 aromatic heterocycles. The SMILES string of the molecule is CC#CCC(NN)c1cc2ccccc2o1. The third kappa shape index (κ3) is 2.08. The van der Waals surface area contributed by atoms with E-state index in [0.717, 1.165) is 16.7 Å². The number of hydrogen-bond donors (Lipinski definition) is 2. The Balaban J connectivity index is 2.32. The number of nitrogens with one attached hydrogen (secondary N) is 1. The molecule has 1 unspecified atom stereocenters. The molecule has 0 radical (unpaired) electrons. The minimum absolute atomic E-state index is 0.0557. The third-order valence-corrected chi connectivity index (χ3v) is 2.47. The molecule has 0 aliphatic heterocycles. The number of para-hydroxylation sites is 1. The largest absolute Gasteiger partial charge is 0.459 e. The summed E-state index contributed by atoms with van der Waals surface area (Å²) in [5, 5.41) is 1.09. The van der Waals surface area contributed by atoms with Gasteiger partial charge in [-0.1, -0.05) is 18.2 Å². The van der Waals surface area contributed by atoms with Crippen LogP contribution >= 0.6 is 0 Å². The van der Waals surface area contributed by atoms with E-state index in [4.69, 9.17) is 10.3 Å². The van der Waals surface area contributed by atoms with E-state index in [1.165, 1.54) is 0 Å². The fourth-order valence-corrected chi connectivity index (χ4v) is 1.62. The molecule has 0 fully saturated rings. The predicted molar refractivity (Wildman–Crippen MR) is 64.3 cm³/mol. The molecule has 0 bridgehead atoms. The summed E-state index contributed by atoms with van der Waals surface area (Å²) < 4.78 is 5.71. The second-order valence-corrected chi connectivity index (χ2v) is 3.54. The lowest BCUT2D eigenvalue weighted by molar-refractivity contribution is 0.442. The van der Waals surface area contributed by atoms with Crippen LogP contribution in [0.1, 0.15) is 25.1 Å². The first-order valence-electron chi connectivity index (χ1n) is 5.19. The molecule has 2 rings (SSSR count). The van der Waals surface area contributed by atoms with Gasteiger partial charge in [-0.25, -0.2) is 5.43 Å². The van der Waals surface area contributed by atoms with Crippen LogP contribution in [0.3, 0.4) is 0 Å². The first kappa shape index (κ1) is 10.7. The Kier molecular flexibility index (Phi) is 3.25. The highest BCUT2D eigenvalue weighted by Gasteiger charge is 2.13. The standard InChI is InChI=1S/C13H14N2O/c1-2-3-7-11(15-14)13-9-10-6-4-5-8-12(10)16-13/h4-6,8-9,11,15H,7,14H2,1H3. The summed E-state index contributed by atoms with van der Waals surface area (Å²) in [7, 11) is 0. The average molecular weight is 214 g/mol. The van der Waals surface area contributed by atoms with E-state index in [1.54, 1.807) is 0 Å². The van der Waals surface area contributed by atoms with Gasteiger partial charge in [0.1, 0.15) is 11.3 Å². The Morgan fingerprint density at radius 1 is 1.44 bits per heavy atom. The van der Waals surface area contributed by atoms with Crippen molar-refractivity contribution >= 4 is 11.0 Å². The maximum Gasteiger partial charge on any atom is 0.134 e. The van der Waals surface area contributed by atoms with E-state index >= 15 is 0 Å². The number of furan rings is 1. The molecule has 3 nitrogen and oxygen atoms in total. The molecular weight excluding hydrogens is 200 g/mol. The van der Waals surface area contributed by atoms with Crippen molar-refractivity contribution < 1.29 is 4.42 Å². The Morgan fingerprint density at radius 2 is 2.25 bits per heavy atom. The molecule has 16 heavy (non-hydrogen) atoms. The quantitative estimate of drug-likeness (QED) is 0.468. The number of hydrazine groups is 1. The normalized spacial score (nSPS) is 12.1. The number of fused-ring (bicyclic) bond motifs is 1. The zero-order valence-electron chi connectivity index (χ0n) is 9.16. The number of nitrogens with two attached hydrogens (primary N) is 1. The summed E-state index contributed by atoms with van der Waals surface area (Å²) in [4.78, 5) is 0. The molecule has 0 aliphatic carbocycles. The Labute approximate surface area is 94.6 Å². The summed E-state index contributed by atoms with van der Waals surface area (Å²) in [6.07, 6.45) is 0.646. The number of rotatable bonds is 3. The molecular formula is C13H14N2O. The zero-order valence-corrected chi connectivity index (χ0v) is 9.16. The Bertz CT molecular complexity index is 500. The summed E-state index contributed by atoms with van der Waals surface area (Å²) >= 11 is 0. The highest BCUT2D eigenvalue weighted by molar-refractivity contribution is 5.77. The van der Waals surface area contributed by atoms with Gasteiger partial charge in [0.05, 0.1) is 6.04 Å². The summed E-state index contributed by atoms with van der Waals surface area (Å²) in [5.41, 5.74) is 3.59. The maximum atomic E-state index is 5.71. The van der Waals surface area contributed by atoms with Crippen molar-refractivity contribution in [2.45, 2.75) is 19.4 Å². The van der Waals surface area contributed by atoms with Crippen LogP contribution in [0.25, 0.3) is 11.0 Å². The first-order valence-corrected chi connectivity index (χ1v) is 5.19. The van der Waals surface area contributed by atoms with E-state index in [9.17, 15) is 0 Å². The van der Waals surface area contributed by atoms with E-state index in [1.807, 2.05) is 37.3 Å². The van der Waals surface area contributed by atoms with Crippen LogP contribution in [0.15, 0.2) is 34.7 Å². The van der Waals surface area contributed by atoms with Crippen molar-refractivity contribution in [1.82, 2.24) is 5.43 Å². The molecule has 3 heteroatoms. The topological polar surface area (TPSA) is 51.2 Å². The molecule has 1 atom stereocenters. The molecule has 82 valence electrons. The van der Waals surface area contributed by atoms with E-state index in [0.29, 0.717) is 6.42 Å². The van der Waals surface area contributed by atoms with Crippen molar-refractivity contribution in [3.8, 4) is 11.8 Å². The van der Waals surface area contributed by atoms with Gasteiger partial charge >= 0.3 is 0 Å². The lowest BCUT2D eigenvalue weighted by atomic mass is 10.1. The van der Waals surface area contributed by atoms with Crippen LogP contribution in [-0.4, -0.2) is 0 Å². The van der Waals surface area contributed by atoms with E-state index in [-0.39, 0.29) is 6.04 Å². The average Bonchev–Trinajstić information content (AvgIpc) is 2.73. The third-order valence-electron chi connectivity index (χ3n) is 2.47. The van der Waals surface area contributed by atoms with Gasteiger partial charge in [0.2, 0.25) is 0 Å². The van der Waals surface area contributed by atoms with Crippen molar-refractivity contribution in [3.63, 3.8) is 0 Å². The zero-order chi connectivity index (χ0) is 11.4. The van der Waals surface area contributed by atoms with Crippen molar-refractivity contribution in [1.29, 1.82) is 0 Å². The van der Waals surface area contributed by atoms with E-state index < -0.39 is 0 Å². The van der Waals surface area contributed by atoms with Crippen LogP contribution in [0.4, 0.5) is 0 Å². The van der Waals surface area contributed by atoms with Crippen molar-refractivity contribution in [2.24, 2.45) is 5.84 Å². The lowest BCUT2D eigenvalue weighted by Crippen LogP contribution is -2.27. The number of hydrogen-bond acceptors (Lipinski definition) is 3. The minimum atomic E-state index is -0.0557. The number of benzene rings is 1. The molecule has 0 aliphatic rings. The second-order valence-electron chi connectivity index (χ2n) is 3.54. The monoisotopic (exact) mass is 214 g/mol. The first-order chi connectivity index (χ1) is 7.85. The van der Waals surface area contributed by atoms with Gasteiger partial charge in [-0.3, -0.25) is 5.84 Å². The van der Waals surface area contributed by atoms with Gasteiger partial charge in [-0.15, -0.1) is 11.8 Å². The molecule has 0 saturated carbocycles. The minimum Gasteiger partial charge on any atom is -0.459 e. The summed E-state index contributed by atoms with van der Waals surface area (Å²) in [6.45, 7) is 1.81. The molecule has 0 amide bonds. The Hall–Kier alpha value is -1.76. The van der Waals surface area contributed by atoms with Crippen LogP contribution in [0, 0.1) is 11.8 Å². The fraction of sp³-hybridized carbons (Fsp3) is 0.231. The van der Waals surface area contributed by atoms with Crippen molar-refractivity contribution in [2.75, 3.05) is 0 Å². The summed E-state index contributed by atoms with van der Waals surface area (Å²) in [6, 6.07) is 9.83. The van der Waals surface area contributed by atoms with Crippen LogP contribution in [0.5, 0.6) is 0 Å². The lowest BCUT2D eigenvalue weighted by Gasteiger charge is -2.08. The molecule has 2 aromatic rings. The van der Waals surface area contributed by atoms with Gasteiger partial charge in [-0.2, -0.15) is 0 Å². The highest BCUT2D eigenvalue weighted by atomic mass is 16.3. The van der Waals surface area contributed by atoms with Gasteiger partial charge in [-0.05, 0) is 19.1 Å². The van der Waals surface area contributed by atoms with Gasteiger partial charge < -0.3 is 4.42 Å². The van der Waals surface area contributed by atoms with Gasteiger partial charge in [0, 0.05) is 11.8 Å². The fourth-order valence-electron chi connectivity index (χ4n) is 1.62. The highest BCUT2D eigenvalue weighted by Crippen LogP contribution is 2.24. The van der Waals surface area contributed by atoms with Crippen LogP contribution in [-0.2, 0) is 0 Å². The van der Waals surface area contributed by atoms with Gasteiger partial charge in [0.25, 0.3) is 0 Å². The molecule has 1 heterocycles. The molecule has 0 spiro atoms. The summed E-state index contributed by atoms with van der Waals surface area (Å²) in [5.74, 6) is 12.2. The van der Waals surface area contributed by atoms with E-state index in [2.05, 4.69) is 17.3 Å². The molecule has 3 N–H and O–H groups in total. The smallest absolute Gasteiger partial charge is 0.134 e. The second kappa shape index (κ2) is 4.84. The van der Waals surface area contributed by atoms with Crippen LogP contribution < -0.4 is 11.3 Å². The van der Waals surface area contributed by atoms with Gasteiger partial charge in [0.15, 0.2) is 0 Å². The molecule has 0 saturated heterocycles. The predicted octanol–water partition coefficient (Wildman–Crippen LogP) is 2.35. The van der Waals surface area contributed by atoms with Crippen molar-refractivity contribution in [3.05, 3.63) is 36.1 Å². The molecule has 1 aromatic carbocycles. The maximum absolute atomic E-state index is 5.71. The Morgan fingerprint density at radius 3 is 2.94 bits per heavy atom.